The molecule has 1 aromatic carbocycles. The van der Waals surface area contributed by atoms with Gasteiger partial charge in [-0.25, -0.2) is 13.1 Å². The van der Waals surface area contributed by atoms with Gasteiger partial charge in [-0.3, -0.25) is 4.79 Å². The summed E-state index contributed by atoms with van der Waals surface area (Å²) in [6, 6.07) is 4.64. The molecule has 21 heavy (non-hydrogen) atoms. The van der Waals surface area contributed by atoms with Crippen LogP contribution in [0.15, 0.2) is 18.2 Å². The Labute approximate surface area is 129 Å². The van der Waals surface area contributed by atoms with Crippen molar-refractivity contribution < 1.29 is 13.2 Å². The van der Waals surface area contributed by atoms with Gasteiger partial charge in [0.25, 0.3) is 5.91 Å². The molecule has 0 radical (unpaired) electrons. The molecule has 1 fully saturated rings. The maximum atomic E-state index is 12.5. The lowest BCUT2D eigenvalue weighted by atomic mass is 10.0. The first-order valence-corrected chi connectivity index (χ1v) is 8.85. The van der Waals surface area contributed by atoms with Crippen molar-refractivity contribution in [2.24, 2.45) is 0 Å². The summed E-state index contributed by atoms with van der Waals surface area (Å²) in [5, 5.41) is 0.304. The molecule has 1 heterocycles. The van der Waals surface area contributed by atoms with Crippen LogP contribution in [0, 0.1) is 0 Å². The summed E-state index contributed by atoms with van der Waals surface area (Å²) in [6.07, 6.45) is 2.54. The van der Waals surface area contributed by atoms with Crippen LogP contribution in [0.3, 0.4) is 0 Å². The van der Waals surface area contributed by atoms with Crippen LogP contribution in [-0.2, 0) is 10.0 Å². The average molecular weight is 332 g/mol. The third-order valence-electron chi connectivity index (χ3n) is 3.35. The summed E-state index contributed by atoms with van der Waals surface area (Å²) in [5.74, 6) is -0.266. The summed E-state index contributed by atoms with van der Waals surface area (Å²) >= 11 is 6.05. The standard InChI is InChI=1S/C13H18ClN3O3S/c1-21(19,20)16-9-4-3-7-17(8-9)13(18)12-10(14)5-2-6-11(12)15/h2,5-6,9,16H,3-4,7-8,15H2,1H3. The van der Waals surface area contributed by atoms with E-state index in [4.69, 9.17) is 17.3 Å². The molecule has 1 unspecified atom stereocenters. The van der Waals surface area contributed by atoms with Crippen LogP contribution in [0.4, 0.5) is 5.69 Å². The van der Waals surface area contributed by atoms with Crippen molar-refractivity contribution in [3.63, 3.8) is 0 Å². The van der Waals surface area contributed by atoms with E-state index in [-0.39, 0.29) is 17.5 Å². The van der Waals surface area contributed by atoms with E-state index in [2.05, 4.69) is 4.72 Å². The first-order chi connectivity index (χ1) is 9.78. The van der Waals surface area contributed by atoms with Gasteiger partial charge in [0, 0.05) is 24.8 Å². The average Bonchev–Trinajstić information content (AvgIpc) is 2.36. The predicted octanol–water partition coefficient (Wildman–Crippen LogP) is 1.08. The Balaban J connectivity index is 2.16. The Bertz CT molecular complexity index is 628. The lowest BCUT2D eigenvalue weighted by molar-refractivity contribution is 0.0704. The number of carbonyl (C=O) groups excluding carboxylic acids is 1. The molecular formula is C13H18ClN3O3S. The van der Waals surface area contributed by atoms with Crippen molar-refractivity contribution in [2.75, 3.05) is 25.1 Å². The number of sulfonamides is 1. The normalized spacial score (nSPS) is 19.5. The van der Waals surface area contributed by atoms with E-state index < -0.39 is 10.0 Å². The lowest BCUT2D eigenvalue weighted by Gasteiger charge is -2.33. The van der Waals surface area contributed by atoms with Crippen LogP contribution >= 0.6 is 11.6 Å². The largest absolute Gasteiger partial charge is 0.398 e. The highest BCUT2D eigenvalue weighted by Crippen LogP contribution is 2.25. The molecule has 8 heteroatoms. The van der Waals surface area contributed by atoms with Gasteiger partial charge in [-0.05, 0) is 25.0 Å². The molecule has 0 bridgehead atoms. The highest BCUT2D eigenvalue weighted by Gasteiger charge is 2.28. The molecule has 0 spiro atoms. The minimum absolute atomic E-state index is 0.266. The third-order valence-corrected chi connectivity index (χ3v) is 4.43. The van der Waals surface area contributed by atoms with Gasteiger partial charge in [-0.1, -0.05) is 17.7 Å². The molecule has 1 atom stereocenters. The number of benzene rings is 1. The summed E-state index contributed by atoms with van der Waals surface area (Å²) < 4.78 is 25.1. The van der Waals surface area contributed by atoms with Crippen molar-refractivity contribution in [3.8, 4) is 0 Å². The second-order valence-electron chi connectivity index (χ2n) is 5.18. The van der Waals surface area contributed by atoms with E-state index in [0.29, 0.717) is 30.2 Å². The van der Waals surface area contributed by atoms with Crippen LogP contribution in [0.5, 0.6) is 0 Å². The number of anilines is 1. The van der Waals surface area contributed by atoms with Gasteiger partial charge in [0.2, 0.25) is 10.0 Å². The fourth-order valence-corrected chi connectivity index (χ4v) is 3.55. The highest BCUT2D eigenvalue weighted by molar-refractivity contribution is 7.88. The first-order valence-electron chi connectivity index (χ1n) is 6.58. The van der Waals surface area contributed by atoms with Crippen molar-refractivity contribution in [3.05, 3.63) is 28.8 Å². The van der Waals surface area contributed by atoms with E-state index in [1.165, 1.54) is 0 Å². The maximum Gasteiger partial charge on any atom is 0.257 e. The number of hydrogen-bond donors (Lipinski definition) is 2. The van der Waals surface area contributed by atoms with E-state index in [1.807, 2.05) is 0 Å². The second kappa shape index (κ2) is 6.21. The van der Waals surface area contributed by atoms with Crippen LogP contribution in [0.2, 0.25) is 5.02 Å². The van der Waals surface area contributed by atoms with E-state index in [0.717, 1.165) is 12.7 Å². The molecule has 1 saturated heterocycles. The number of nitrogens with zero attached hydrogens (tertiary/aromatic N) is 1. The Morgan fingerprint density at radius 2 is 2.19 bits per heavy atom. The Kier molecular flexibility index (Phi) is 4.75. The fraction of sp³-hybridized carbons (Fsp3) is 0.462. The van der Waals surface area contributed by atoms with Gasteiger partial charge in [0.15, 0.2) is 0 Å². The molecule has 1 aromatic rings. The van der Waals surface area contributed by atoms with Crippen LogP contribution in [-0.4, -0.2) is 44.6 Å². The number of nitrogen functional groups attached to an aromatic ring is 1. The maximum absolute atomic E-state index is 12.5. The van der Waals surface area contributed by atoms with Crippen LogP contribution in [0.1, 0.15) is 23.2 Å². The van der Waals surface area contributed by atoms with Crippen molar-refractivity contribution in [1.82, 2.24) is 9.62 Å². The van der Waals surface area contributed by atoms with Crippen molar-refractivity contribution in [1.29, 1.82) is 0 Å². The predicted molar refractivity (Wildman–Crippen MR) is 82.8 cm³/mol. The number of hydrogen-bond acceptors (Lipinski definition) is 4. The minimum atomic E-state index is -3.29. The number of rotatable bonds is 3. The molecule has 0 saturated carbocycles. The van der Waals surface area contributed by atoms with E-state index >= 15 is 0 Å². The molecule has 1 aliphatic heterocycles. The van der Waals surface area contributed by atoms with Crippen LogP contribution < -0.4 is 10.5 Å². The molecule has 2 rings (SSSR count). The number of piperidine rings is 1. The molecule has 0 aliphatic carbocycles. The summed E-state index contributed by atoms with van der Waals surface area (Å²) in [6.45, 7) is 0.877. The highest BCUT2D eigenvalue weighted by atomic mass is 35.5. The zero-order valence-electron chi connectivity index (χ0n) is 11.7. The number of likely N-dealkylation sites (tertiary alicyclic amines) is 1. The monoisotopic (exact) mass is 331 g/mol. The smallest absolute Gasteiger partial charge is 0.257 e. The number of nitrogens with two attached hydrogens (primary N) is 1. The zero-order chi connectivity index (χ0) is 15.6. The third kappa shape index (κ3) is 4.09. The van der Waals surface area contributed by atoms with Gasteiger partial charge in [0.05, 0.1) is 16.8 Å². The zero-order valence-corrected chi connectivity index (χ0v) is 13.2. The van der Waals surface area contributed by atoms with Gasteiger partial charge in [-0.2, -0.15) is 0 Å². The fourth-order valence-electron chi connectivity index (χ4n) is 2.49. The molecule has 116 valence electrons. The second-order valence-corrected chi connectivity index (χ2v) is 7.37. The Hall–Kier alpha value is -1.31. The molecule has 6 nitrogen and oxygen atoms in total. The number of nitrogens with one attached hydrogen (secondary N) is 1. The van der Waals surface area contributed by atoms with Gasteiger partial charge >= 0.3 is 0 Å². The van der Waals surface area contributed by atoms with Gasteiger partial charge in [-0.15, -0.1) is 0 Å². The molecule has 0 aromatic heterocycles. The minimum Gasteiger partial charge on any atom is -0.398 e. The number of carbonyl (C=O) groups is 1. The SMILES string of the molecule is CS(=O)(=O)NC1CCCN(C(=O)c2c(N)cccc2Cl)C1. The summed E-state index contributed by atoms with van der Waals surface area (Å²) in [4.78, 5) is 14.1. The van der Waals surface area contributed by atoms with Crippen LogP contribution in [0.25, 0.3) is 0 Å². The van der Waals surface area contributed by atoms with Gasteiger partial charge < -0.3 is 10.6 Å². The number of halogens is 1. The summed E-state index contributed by atoms with van der Waals surface area (Å²) in [5.41, 5.74) is 6.42. The molecule has 1 amide bonds. The molecular weight excluding hydrogens is 314 g/mol. The lowest BCUT2D eigenvalue weighted by Crippen LogP contribution is -2.49. The number of amides is 1. The molecule has 3 N–H and O–H groups in total. The molecule has 1 aliphatic rings. The van der Waals surface area contributed by atoms with Crippen molar-refractivity contribution in [2.45, 2.75) is 18.9 Å². The Morgan fingerprint density at radius 3 is 2.81 bits per heavy atom. The summed E-state index contributed by atoms with van der Waals surface area (Å²) in [7, 11) is -3.29. The van der Waals surface area contributed by atoms with E-state index in [1.54, 1.807) is 23.1 Å². The first kappa shape index (κ1) is 16.1. The van der Waals surface area contributed by atoms with E-state index in [9.17, 15) is 13.2 Å². The van der Waals surface area contributed by atoms with Crippen molar-refractivity contribution >= 4 is 33.2 Å². The Morgan fingerprint density at radius 1 is 1.48 bits per heavy atom. The topological polar surface area (TPSA) is 92.5 Å². The van der Waals surface area contributed by atoms with Gasteiger partial charge in [0.1, 0.15) is 0 Å². The quantitative estimate of drug-likeness (QED) is 0.810.